The predicted molar refractivity (Wildman–Crippen MR) is 40.7 cm³/mol. The molecule has 1 aliphatic carbocycles. The van der Waals surface area contributed by atoms with Gasteiger partial charge >= 0.3 is 0 Å². The highest BCUT2D eigenvalue weighted by Crippen LogP contribution is 2.13. The van der Waals surface area contributed by atoms with Crippen molar-refractivity contribution in [1.82, 2.24) is 0 Å². The number of hydrogen-bond acceptors (Lipinski definition) is 3. The first-order valence-electron chi connectivity index (χ1n) is 3.48. The molecule has 1 unspecified atom stereocenters. The van der Waals surface area contributed by atoms with E-state index in [0.29, 0.717) is 0 Å². The summed E-state index contributed by atoms with van der Waals surface area (Å²) in [6.07, 6.45) is 6.72. The lowest BCUT2D eigenvalue weighted by Gasteiger charge is -2.12. The Morgan fingerprint density at radius 2 is 2.27 bits per heavy atom. The van der Waals surface area contributed by atoms with E-state index in [1.807, 2.05) is 18.2 Å². The zero-order valence-electron chi connectivity index (χ0n) is 6.74. The van der Waals surface area contributed by atoms with Gasteiger partial charge in [-0.25, -0.2) is 0 Å². The van der Waals surface area contributed by atoms with E-state index in [4.69, 9.17) is 9.62 Å². The molecule has 0 amide bonds. The third-order valence-corrected chi connectivity index (χ3v) is 1.51. The first kappa shape index (κ1) is 8.30. The molecule has 0 radical (unpaired) electrons. The molecule has 0 N–H and O–H groups in total. The molecule has 1 aliphatic rings. The van der Waals surface area contributed by atoms with Crippen LogP contribution in [0.4, 0.5) is 0 Å². The molecule has 3 heteroatoms. The molecule has 0 spiro atoms. The van der Waals surface area contributed by atoms with E-state index in [-0.39, 0.29) is 6.10 Å². The standard InChI is InChI=1S/C8H12O3/c1-9-7-3-5-8(6-4-7)11-10-2/h3,5-7H,4H2,1-2H3. The van der Waals surface area contributed by atoms with Crippen molar-refractivity contribution in [3.05, 3.63) is 24.0 Å². The Hall–Kier alpha value is -0.800. The van der Waals surface area contributed by atoms with E-state index in [9.17, 15) is 0 Å². The third-order valence-electron chi connectivity index (χ3n) is 1.51. The largest absolute Gasteiger partial charge is 0.377 e. The normalized spacial score (nSPS) is 23.1. The van der Waals surface area contributed by atoms with E-state index in [0.717, 1.165) is 12.2 Å². The Kier molecular flexibility index (Phi) is 3.14. The Labute approximate surface area is 66.2 Å². The van der Waals surface area contributed by atoms with Crippen molar-refractivity contribution in [3.63, 3.8) is 0 Å². The Balaban J connectivity index is 2.39. The van der Waals surface area contributed by atoms with Crippen molar-refractivity contribution in [2.75, 3.05) is 14.2 Å². The second-order valence-electron chi connectivity index (χ2n) is 2.23. The lowest BCUT2D eigenvalue weighted by molar-refractivity contribution is -0.233. The van der Waals surface area contributed by atoms with Crippen LogP contribution in [0.5, 0.6) is 0 Å². The van der Waals surface area contributed by atoms with Gasteiger partial charge in [-0.3, -0.25) is 0 Å². The van der Waals surface area contributed by atoms with Crippen LogP contribution < -0.4 is 0 Å². The summed E-state index contributed by atoms with van der Waals surface area (Å²) in [5.41, 5.74) is 0. The lowest BCUT2D eigenvalue weighted by atomic mass is 10.1. The second-order valence-corrected chi connectivity index (χ2v) is 2.23. The van der Waals surface area contributed by atoms with Gasteiger partial charge in [-0.1, -0.05) is 6.08 Å². The van der Waals surface area contributed by atoms with Crippen molar-refractivity contribution in [2.45, 2.75) is 12.5 Å². The quantitative estimate of drug-likeness (QED) is 0.457. The van der Waals surface area contributed by atoms with Gasteiger partial charge in [0.2, 0.25) is 0 Å². The summed E-state index contributed by atoms with van der Waals surface area (Å²) in [6, 6.07) is 0. The van der Waals surface area contributed by atoms with E-state index < -0.39 is 0 Å². The summed E-state index contributed by atoms with van der Waals surface area (Å²) in [4.78, 5) is 9.28. The molecule has 0 fully saturated rings. The molecule has 0 aromatic rings. The fourth-order valence-corrected chi connectivity index (χ4v) is 0.914. The molecule has 11 heavy (non-hydrogen) atoms. The van der Waals surface area contributed by atoms with Gasteiger partial charge in [-0.2, -0.15) is 4.89 Å². The van der Waals surface area contributed by atoms with Gasteiger partial charge in [-0.15, -0.1) is 0 Å². The molecule has 0 bridgehead atoms. The zero-order valence-corrected chi connectivity index (χ0v) is 6.74. The van der Waals surface area contributed by atoms with Crippen molar-refractivity contribution in [1.29, 1.82) is 0 Å². The fourth-order valence-electron chi connectivity index (χ4n) is 0.914. The Bertz CT molecular complexity index is 172. The maximum atomic E-state index is 5.09. The second kappa shape index (κ2) is 4.16. The summed E-state index contributed by atoms with van der Waals surface area (Å²) in [7, 11) is 3.17. The first-order valence-corrected chi connectivity index (χ1v) is 3.48. The molecular weight excluding hydrogens is 144 g/mol. The molecule has 0 saturated carbocycles. The summed E-state index contributed by atoms with van der Waals surface area (Å²) >= 11 is 0. The van der Waals surface area contributed by atoms with Crippen LogP contribution in [0.15, 0.2) is 24.0 Å². The van der Waals surface area contributed by atoms with Gasteiger partial charge < -0.3 is 9.62 Å². The molecule has 3 nitrogen and oxygen atoms in total. The van der Waals surface area contributed by atoms with Gasteiger partial charge in [-0.05, 0) is 18.6 Å². The van der Waals surface area contributed by atoms with E-state index in [2.05, 4.69) is 4.89 Å². The van der Waals surface area contributed by atoms with Crippen LogP contribution in [-0.4, -0.2) is 20.3 Å². The number of allylic oxidation sites excluding steroid dienone is 1. The lowest BCUT2D eigenvalue weighted by Crippen LogP contribution is -2.09. The highest BCUT2D eigenvalue weighted by Gasteiger charge is 2.07. The molecule has 62 valence electrons. The van der Waals surface area contributed by atoms with Crippen molar-refractivity contribution in [2.24, 2.45) is 0 Å². The summed E-state index contributed by atoms with van der Waals surface area (Å²) in [5.74, 6) is 0.737. The molecule has 0 aromatic heterocycles. The van der Waals surface area contributed by atoms with Crippen LogP contribution in [0.25, 0.3) is 0 Å². The van der Waals surface area contributed by atoms with Crippen LogP contribution in [0.1, 0.15) is 6.42 Å². The van der Waals surface area contributed by atoms with Crippen LogP contribution in [0, 0.1) is 0 Å². The molecular formula is C8H12O3. The van der Waals surface area contributed by atoms with E-state index in [1.165, 1.54) is 7.11 Å². The molecule has 0 aliphatic heterocycles. The maximum Gasteiger partial charge on any atom is 0.161 e. The number of methoxy groups -OCH3 is 1. The highest BCUT2D eigenvalue weighted by atomic mass is 17.2. The van der Waals surface area contributed by atoms with Crippen molar-refractivity contribution >= 4 is 0 Å². The Morgan fingerprint density at radius 1 is 1.45 bits per heavy atom. The van der Waals surface area contributed by atoms with Gasteiger partial charge in [0, 0.05) is 7.11 Å². The fraction of sp³-hybridized carbons (Fsp3) is 0.500. The van der Waals surface area contributed by atoms with Gasteiger partial charge in [0.1, 0.15) is 0 Å². The van der Waals surface area contributed by atoms with Gasteiger partial charge in [0.25, 0.3) is 0 Å². The van der Waals surface area contributed by atoms with Crippen molar-refractivity contribution < 1.29 is 14.5 Å². The van der Waals surface area contributed by atoms with Gasteiger partial charge in [0.05, 0.1) is 13.2 Å². The average Bonchev–Trinajstić information content (AvgIpc) is 2.07. The smallest absolute Gasteiger partial charge is 0.161 e. The molecule has 0 aromatic carbocycles. The summed E-state index contributed by atoms with van der Waals surface area (Å²) in [5, 5.41) is 0. The van der Waals surface area contributed by atoms with Crippen LogP contribution in [0.2, 0.25) is 0 Å². The molecule has 1 atom stereocenters. The topological polar surface area (TPSA) is 27.7 Å². The van der Waals surface area contributed by atoms with Crippen LogP contribution >= 0.6 is 0 Å². The number of ether oxygens (including phenoxy) is 1. The Morgan fingerprint density at radius 3 is 2.73 bits per heavy atom. The number of hydrogen-bond donors (Lipinski definition) is 0. The summed E-state index contributed by atoms with van der Waals surface area (Å²) < 4.78 is 5.09. The number of rotatable bonds is 3. The van der Waals surface area contributed by atoms with E-state index >= 15 is 0 Å². The average molecular weight is 156 g/mol. The summed E-state index contributed by atoms with van der Waals surface area (Å²) in [6.45, 7) is 0. The molecule has 0 saturated heterocycles. The zero-order chi connectivity index (χ0) is 8.10. The van der Waals surface area contributed by atoms with Crippen LogP contribution in [-0.2, 0) is 14.5 Å². The predicted octanol–water partition coefficient (Wildman–Crippen LogP) is 1.42. The minimum atomic E-state index is 0.180. The highest BCUT2D eigenvalue weighted by molar-refractivity contribution is 5.18. The minimum absolute atomic E-state index is 0.180. The maximum absolute atomic E-state index is 5.09. The first-order chi connectivity index (χ1) is 5.36. The van der Waals surface area contributed by atoms with Gasteiger partial charge in [0.15, 0.2) is 5.76 Å². The third kappa shape index (κ3) is 2.37. The molecule has 1 rings (SSSR count). The van der Waals surface area contributed by atoms with Crippen LogP contribution in [0.3, 0.4) is 0 Å². The van der Waals surface area contributed by atoms with E-state index in [1.54, 1.807) is 7.11 Å². The molecule has 0 heterocycles. The van der Waals surface area contributed by atoms with Crippen molar-refractivity contribution in [3.8, 4) is 0 Å². The SMILES string of the molecule is COOC1=CCC(OC)C=C1. The minimum Gasteiger partial charge on any atom is -0.377 e. The monoisotopic (exact) mass is 156 g/mol.